The quantitative estimate of drug-likeness (QED) is 0.0985. The van der Waals surface area contributed by atoms with E-state index in [9.17, 15) is 47.0 Å². The van der Waals surface area contributed by atoms with Gasteiger partial charge in [0, 0.05) is 63.3 Å². The van der Waals surface area contributed by atoms with Crippen molar-refractivity contribution in [1.82, 2.24) is 25.9 Å². The van der Waals surface area contributed by atoms with E-state index in [1.165, 1.54) is 48.2 Å². The molecule has 302 valence electrons. The number of hydrogen-bond acceptors (Lipinski definition) is 12. The lowest BCUT2D eigenvalue weighted by Gasteiger charge is -2.13. The number of aromatic nitrogens is 2. The molecule has 6 rings (SSSR count). The maximum absolute atomic E-state index is 14.4. The predicted octanol–water partition coefficient (Wildman–Crippen LogP) is 2.15. The van der Waals surface area contributed by atoms with E-state index >= 15 is 0 Å². The first kappa shape index (κ1) is 43.7. The molecular formula is C39H36F4N8O7. The van der Waals surface area contributed by atoms with E-state index in [1.54, 1.807) is 0 Å². The number of halogens is 4. The third-order valence-electron chi connectivity index (χ3n) is 8.96. The summed E-state index contributed by atoms with van der Waals surface area (Å²) in [6.45, 7) is 0.624. The third-order valence-corrected chi connectivity index (χ3v) is 8.96. The fourth-order valence-electron chi connectivity index (χ4n) is 5.66. The second kappa shape index (κ2) is 17.0. The minimum atomic E-state index is -1.92. The summed E-state index contributed by atoms with van der Waals surface area (Å²) >= 11 is 0. The van der Waals surface area contributed by atoms with Gasteiger partial charge >= 0.3 is 5.97 Å². The van der Waals surface area contributed by atoms with Gasteiger partial charge in [0.15, 0.2) is 11.4 Å². The van der Waals surface area contributed by atoms with Gasteiger partial charge in [0.25, 0.3) is 17.7 Å². The number of aliphatic hydroxyl groups is 2. The number of anilines is 2. The van der Waals surface area contributed by atoms with Crippen molar-refractivity contribution < 1.29 is 51.7 Å². The Morgan fingerprint density at radius 3 is 1.48 bits per heavy atom. The first-order valence-corrected chi connectivity index (χ1v) is 16.7. The fourth-order valence-corrected chi connectivity index (χ4v) is 5.66. The molecule has 2 atom stereocenters. The SMILES string of the molecule is CN1CC[C@@](O)(C#Cc2cc(-c3ccc(N)c(C(N)=O)n3)c(F)cc2F)C1=O.COC(=O)c1nc(-c2cc(C#C[C@]3(O)CCN(C)C3=O)c(F)cc2F)ccc1N.N. The second-order valence-electron chi connectivity index (χ2n) is 12.9. The standard InChI is InChI=1S/C20H17F2N3O4.C19H16F2N4O3.H3N/c1-25-8-7-20(28,19(25)27)6-5-11-9-12(14(22)10-13(11)21)16-4-3-15(23)17(24-16)18(26)29-2;1-25-7-6-19(28,18(25)27)5-4-10-8-11(13(21)9-12(10)20)15-3-2-14(22)16(24-15)17(23)26;/h3-4,9-10,28H,7-8,23H2,1-2H3;2-3,8-9,28H,6-7,22H2,1H3,(H2,23,26);1H3/t20-;19-;/m00./s1. The van der Waals surface area contributed by atoms with Crippen molar-refractivity contribution in [2.45, 2.75) is 24.0 Å². The summed E-state index contributed by atoms with van der Waals surface area (Å²) in [4.78, 5) is 57.7. The van der Waals surface area contributed by atoms with Gasteiger partial charge in [-0.25, -0.2) is 32.3 Å². The summed E-state index contributed by atoms with van der Waals surface area (Å²) in [7, 11) is 4.18. The Hall–Kier alpha value is -7.06. The van der Waals surface area contributed by atoms with Crippen LogP contribution in [-0.2, 0) is 14.3 Å². The predicted molar refractivity (Wildman–Crippen MR) is 201 cm³/mol. The van der Waals surface area contributed by atoms with Crippen LogP contribution in [0.1, 0.15) is 44.9 Å². The lowest BCUT2D eigenvalue weighted by atomic mass is 10.0. The summed E-state index contributed by atoms with van der Waals surface area (Å²) in [5, 5.41) is 20.7. The molecule has 2 aromatic carbocycles. The molecule has 2 fully saturated rings. The van der Waals surface area contributed by atoms with Crippen LogP contribution in [0.5, 0.6) is 0 Å². The molecule has 0 bridgehead atoms. The normalized spacial score (nSPS) is 18.2. The first-order valence-electron chi connectivity index (χ1n) is 16.7. The van der Waals surface area contributed by atoms with Gasteiger partial charge in [-0.05, 0) is 36.4 Å². The number of amides is 3. The van der Waals surface area contributed by atoms with Gasteiger partial charge in [0.05, 0.1) is 41.0 Å². The number of primary amides is 1. The number of carbonyl (C=O) groups is 4. The summed E-state index contributed by atoms with van der Waals surface area (Å²) < 4.78 is 61.6. The van der Waals surface area contributed by atoms with Crippen molar-refractivity contribution in [2.24, 2.45) is 5.73 Å². The van der Waals surface area contributed by atoms with E-state index in [1.807, 2.05) is 0 Å². The number of likely N-dealkylation sites (tertiary alicyclic amines) is 2. The van der Waals surface area contributed by atoms with Crippen molar-refractivity contribution >= 4 is 35.1 Å². The average molecular weight is 805 g/mol. The number of carbonyl (C=O) groups excluding carboxylic acids is 4. The van der Waals surface area contributed by atoms with Gasteiger partial charge < -0.3 is 48.1 Å². The monoisotopic (exact) mass is 804 g/mol. The Bertz CT molecular complexity index is 2480. The van der Waals surface area contributed by atoms with Crippen LogP contribution in [0.2, 0.25) is 0 Å². The molecule has 19 heteroatoms. The van der Waals surface area contributed by atoms with E-state index in [0.29, 0.717) is 25.2 Å². The molecule has 2 aliphatic rings. The van der Waals surface area contributed by atoms with Crippen LogP contribution in [0.25, 0.3) is 22.5 Å². The van der Waals surface area contributed by atoms with Crippen molar-refractivity contribution in [1.29, 1.82) is 0 Å². The zero-order chi connectivity index (χ0) is 42.0. The van der Waals surface area contributed by atoms with Crippen molar-refractivity contribution in [3.8, 4) is 46.2 Å². The molecular weight excluding hydrogens is 768 g/mol. The average Bonchev–Trinajstić information content (AvgIpc) is 3.58. The number of hydrogen-bond donors (Lipinski definition) is 6. The molecule has 4 heterocycles. The van der Waals surface area contributed by atoms with E-state index in [-0.39, 0.29) is 75.4 Å². The number of rotatable bonds is 4. The molecule has 2 saturated heterocycles. The summed E-state index contributed by atoms with van der Waals surface area (Å²) in [6, 6.07) is 8.76. The van der Waals surface area contributed by atoms with Crippen LogP contribution in [0.4, 0.5) is 28.9 Å². The first-order chi connectivity index (χ1) is 26.8. The molecule has 58 heavy (non-hydrogen) atoms. The summed E-state index contributed by atoms with van der Waals surface area (Å²) in [5.41, 5.74) is 11.5. The number of pyridine rings is 2. The molecule has 0 aliphatic carbocycles. The Balaban J connectivity index is 0.000000252. The van der Waals surface area contributed by atoms with Gasteiger partial charge in [0.1, 0.15) is 23.3 Å². The van der Waals surface area contributed by atoms with Crippen molar-refractivity contribution in [3.63, 3.8) is 0 Å². The van der Waals surface area contributed by atoms with Gasteiger partial charge in [0.2, 0.25) is 11.2 Å². The smallest absolute Gasteiger partial charge is 0.358 e. The molecule has 0 spiro atoms. The largest absolute Gasteiger partial charge is 0.464 e. The maximum Gasteiger partial charge on any atom is 0.358 e. The maximum atomic E-state index is 14.4. The number of methoxy groups -OCH3 is 1. The van der Waals surface area contributed by atoms with Gasteiger partial charge in [-0.1, -0.05) is 23.7 Å². The Morgan fingerprint density at radius 2 is 1.12 bits per heavy atom. The minimum absolute atomic E-state index is 0. The summed E-state index contributed by atoms with van der Waals surface area (Å²) in [6.07, 6.45) is 0.152. The highest BCUT2D eigenvalue weighted by Crippen LogP contribution is 2.29. The molecule has 3 amide bonds. The number of ether oxygens (including phenoxy) is 1. The number of nitrogen functional groups attached to an aromatic ring is 2. The lowest BCUT2D eigenvalue weighted by Crippen LogP contribution is -2.37. The van der Waals surface area contributed by atoms with Gasteiger partial charge in [-0.3, -0.25) is 14.4 Å². The highest BCUT2D eigenvalue weighted by atomic mass is 19.1. The molecule has 2 aliphatic heterocycles. The van der Waals surface area contributed by atoms with Crippen LogP contribution in [-0.4, -0.2) is 99.2 Å². The van der Waals surface area contributed by atoms with Gasteiger partial charge in [-0.15, -0.1) is 0 Å². The second-order valence-corrected chi connectivity index (χ2v) is 12.9. The molecule has 11 N–H and O–H groups in total. The molecule has 0 saturated carbocycles. The van der Waals surface area contributed by atoms with Crippen LogP contribution in [0, 0.1) is 47.0 Å². The van der Waals surface area contributed by atoms with Crippen molar-refractivity contribution in [3.05, 3.63) is 94.3 Å². The molecule has 15 nitrogen and oxygen atoms in total. The zero-order valence-corrected chi connectivity index (χ0v) is 31.1. The van der Waals surface area contributed by atoms with Crippen LogP contribution in [0.3, 0.4) is 0 Å². The topological polar surface area (TPSA) is 263 Å². The number of likely N-dealkylation sites (N-methyl/N-ethyl adjacent to an activating group) is 2. The van der Waals surface area contributed by atoms with E-state index in [0.717, 1.165) is 19.2 Å². The highest BCUT2D eigenvalue weighted by Gasteiger charge is 2.43. The van der Waals surface area contributed by atoms with Gasteiger partial charge in [-0.2, -0.15) is 0 Å². The molecule has 0 radical (unpaired) electrons. The molecule has 2 aromatic heterocycles. The van der Waals surface area contributed by atoms with Crippen LogP contribution < -0.4 is 23.4 Å². The number of benzene rings is 2. The Labute approximate surface area is 328 Å². The Kier molecular flexibility index (Phi) is 12.8. The molecule has 4 aromatic rings. The zero-order valence-electron chi connectivity index (χ0n) is 31.1. The van der Waals surface area contributed by atoms with Crippen molar-refractivity contribution in [2.75, 3.05) is 45.8 Å². The lowest BCUT2D eigenvalue weighted by molar-refractivity contribution is -0.138. The number of nitrogens with two attached hydrogens (primary N) is 3. The number of nitrogens with zero attached hydrogens (tertiary/aromatic N) is 4. The Morgan fingerprint density at radius 1 is 0.724 bits per heavy atom. The fraction of sp³-hybridized carbons (Fsp3) is 0.231. The van der Waals surface area contributed by atoms with Crippen LogP contribution in [0.15, 0.2) is 48.5 Å². The summed E-state index contributed by atoms with van der Waals surface area (Å²) in [5.74, 6) is 2.87. The van der Waals surface area contributed by atoms with E-state index in [4.69, 9.17) is 17.2 Å². The molecule has 0 unspecified atom stereocenters. The highest BCUT2D eigenvalue weighted by molar-refractivity contribution is 5.96. The number of esters is 1. The van der Waals surface area contributed by atoms with E-state index < -0.39 is 58.2 Å². The third kappa shape index (κ3) is 8.82. The van der Waals surface area contributed by atoms with E-state index in [2.05, 4.69) is 38.4 Å². The minimum Gasteiger partial charge on any atom is -0.464 e. The van der Waals surface area contributed by atoms with Crippen LogP contribution >= 0.6 is 0 Å².